The van der Waals surface area contributed by atoms with Crippen molar-refractivity contribution in [1.82, 2.24) is 0 Å². The summed E-state index contributed by atoms with van der Waals surface area (Å²) >= 11 is 5.61. The molecule has 0 atom stereocenters. The SMILES string of the molecule is O=C(Oc1cc(F)ccc1[N+](=O)[O-])c1ccc(Cl)c([N+](=O)[O-])c1. The number of hydrogen-bond acceptors (Lipinski definition) is 6. The second-order valence-electron chi connectivity index (χ2n) is 4.18. The number of carbonyl (C=O) groups excluding carboxylic acids is 1. The van der Waals surface area contributed by atoms with Gasteiger partial charge in [0.15, 0.2) is 0 Å². The van der Waals surface area contributed by atoms with Crippen LogP contribution in [0.4, 0.5) is 15.8 Å². The van der Waals surface area contributed by atoms with Crippen molar-refractivity contribution in [3.05, 3.63) is 73.0 Å². The van der Waals surface area contributed by atoms with E-state index in [1.807, 2.05) is 0 Å². The summed E-state index contributed by atoms with van der Waals surface area (Å²) in [5.41, 5.74) is -1.42. The van der Waals surface area contributed by atoms with Crippen LogP contribution in [0.5, 0.6) is 5.75 Å². The molecule has 0 amide bonds. The van der Waals surface area contributed by atoms with Crippen LogP contribution in [-0.4, -0.2) is 15.8 Å². The maximum absolute atomic E-state index is 13.2. The molecule has 8 nitrogen and oxygen atoms in total. The quantitative estimate of drug-likeness (QED) is 0.364. The second-order valence-corrected chi connectivity index (χ2v) is 4.59. The van der Waals surface area contributed by atoms with Crippen LogP contribution in [0.25, 0.3) is 0 Å². The zero-order valence-electron chi connectivity index (χ0n) is 11.1. The van der Waals surface area contributed by atoms with E-state index in [4.69, 9.17) is 16.3 Å². The van der Waals surface area contributed by atoms with Crippen molar-refractivity contribution in [3.8, 4) is 5.75 Å². The molecule has 0 aromatic heterocycles. The molecule has 0 aliphatic heterocycles. The van der Waals surface area contributed by atoms with Gasteiger partial charge < -0.3 is 4.74 Å². The second kappa shape index (κ2) is 6.36. The minimum Gasteiger partial charge on any atom is -0.415 e. The van der Waals surface area contributed by atoms with Crippen LogP contribution in [-0.2, 0) is 0 Å². The van der Waals surface area contributed by atoms with E-state index in [1.165, 1.54) is 0 Å². The average Bonchev–Trinajstić information content (AvgIpc) is 2.46. The molecule has 10 heteroatoms. The normalized spacial score (nSPS) is 10.2. The fraction of sp³-hybridized carbons (Fsp3) is 0. The van der Waals surface area contributed by atoms with Gasteiger partial charge in [0.25, 0.3) is 5.69 Å². The third-order valence-corrected chi connectivity index (χ3v) is 3.02. The fourth-order valence-electron chi connectivity index (χ4n) is 1.66. The first-order valence-electron chi connectivity index (χ1n) is 5.89. The van der Waals surface area contributed by atoms with E-state index >= 15 is 0 Å². The lowest BCUT2D eigenvalue weighted by atomic mass is 10.2. The van der Waals surface area contributed by atoms with Crippen LogP contribution in [0.2, 0.25) is 5.02 Å². The Morgan fingerprint density at radius 3 is 2.30 bits per heavy atom. The largest absolute Gasteiger partial charge is 0.415 e. The maximum Gasteiger partial charge on any atom is 0.344 e. The van der Waals surface area contributed by atoms with Crippen molar-refractivity contribution in [2.24, 2.45) is 0 Å². The number of ether oxygens (including phenoxy) is 1. The molecule has 0 saturated carbocycles. The Morgan fingerprint density at radius 2 is 1.70 bits per heavy atom. The molecule has 2 rings (SSSR count). The van der Waals surface area contributed by atoms with E-state index in [0.717, 1.165) is 30.3 Å². The zero-order chi connectivity index (χ0) is 17.1. The smallest absolute Gasteiger partial charge is 0.344 e. The van der Waals surface area contributed by atoms with Crippen molar-refractivity contribution in [2.75, 3.05) is 0 Å². The van der Waals surface area contributed by atoms with Crippen molar-refractivity contribution in [1.29, 1.82) is 0 Å². The van der Waals surface area contributed by atoms with Crippen molar-refractivity contribution >= 4 is 28.9 Å². The zero-order valence-corrected chi connectivity index (χ0v) is 11.8. The third kappa shape index (κ3) is 3.58. The molecule has 0 N–H and O–H groups in total. The summed E-state index contributed by atoms with van der Waals surface area (Å²) in [6, 6.07) is 5.44. The van der Waals surface area contributed by atoms with Gasteiger partial charge in [-0.25, -0.2) is 9.18 Å². The summed E-state index contributed by atoms with van der Waals surface area (Å²) in [5.74, 6) is -2.59. The highest BCUT2D eigenvalue weighted by Crippen LogP contribution is 2.29. The standard InChI is InChI=1S/C13H6ClFN2O6/c14-9-3-1-7(5-11(9)17(21)22)13(18)23-12-6-8(15)2-4-10(12)16(19)20/h1-6H. The Kier molecular flexibility index (Phi) is 4.51. The number of nitro benzene ring substituents is 2. The highest BCUT2D eigenvalue weighted by atomic mass is 35.5. The van der Waals surface area contributed by atoms with Gasteiger partial charge in [-0.1, -0.05) is 11.6 Å². The van der Waals surface area contributed by atoms with E-state index in [2.05, 4.69) is 0 Å². The molecule has 0 fully saturated rings. The number of carbonyl (C=O) groups is 1. The van der Waals surface area contributed by atoms with E-state index in [0.29, 0.717) is 6.07 Å². The fourth-order valence-corrected chi connectivity index (χ4v) is 1.85. The molecule has 0 unspecified atom stereocenters. The van der Waals surface area contributed by atoms with Gasteiger partial charge >= 0.3 is 11.7 Å². The van der Waals surface area contributed by atoms with Crippen LogP contribution in [0.15, 0.2) is 36.4 Å². The first kappa shape index (κ1) is 16.3. The highest BCUT2D eigenvalue weighted by Gasteiger charge is 2.22. The van der Waals surface area contributed by atoms with Gasteiger partial charge in [0.2, 0.25) is 5.75 Å². The highest BCUT2D eigenvalue weighted by molar-refractivity contribution is 6.32. The number of rotatable bonds is 4. The first-order valence-corrected chi connectivity index (χ1v) is 6.27. The number of nitrogens with zero attached hydrogens (tertiary/aromatic N) is 2. The van der Waals surface area contributed by atoms with Crippen LogP contribution >= 0.6 is 11.6 Å². The molecule has 2 aromatic carbocycles. The molecule has 118 valence electrons. The Labute approximate surface area is 132 Å². The lowest BCUT2D eigenvalue weighted by Gasteiger charge is -2.05. The van der Waals surface area contributed by atoms with Gasteiger partial charge in [-0.05, 0) is 18.2 Å². The number of nitro groups is 2. The molecular formula is C13H6ClFN2O6. The molecule has 0 heterocycles. The number of esters is 1. The molecule has 0 spiro atoms. The van der Waals surface area contributed by atoms with Crippen molar-refractivity contribution in [2.45, 2.75) is 0 Å². The predicted octanol–water partition coefficient (Wildman–Crippen LogP) is 3.51. The summed E-state index contributed by atoms with van der Waals surface area (Å²) in [6.45, 7) is 0. The molecule has 2 aromatic rings. The molecule has 0 aliphatic rings. The van der Waals surface area contributed by atoms with E-state index in [1.54, 1.807) is 0 Å². The monoisotopic (exact) mass is 340 g/mol. The van der Waals surface area contributed by atoms with E-state index in [-0.39, 0.29) is 10.6 Å². The summed E-state index contributed by atoms with van der Waals surface area (Å²) in [4.78, 5) is 31.9. The summed E-state index contributed by atoms with van der Waals surface area (Å²) in [5, 5.41) is 21.4. The molecule has 0 radical (unpaired) electrons. The third-order valence-electron chi connectivity index (χ3n) is 2.70. The predicted molar refractivity (Wildman–Crippen MR) is 76.1 cm³/mol. The number of hydrogen-bond donors (Lipinski definition) is 0. The van der Waals surface area contributed by atoms with Gasteiger partial charge in [0, 0.05) is 18.2 Å². The summed E-state index contributed by atoms with van der Waals surface area (Å²) in [6.07, 6.45) is 0. The average molecular weight is 341 g/mol. The molecule has 0 saturated heterocycles. The first-order chi connectivity index (χ1) is 10.8. The lowest BCUT2D eigenvalue weighted by molar-refractivity contribution is -0.385. The molecule has 23 heavy (non-hydrogen) atoms. The van der Waals surface area contributed by atoms with Gasteiger partial charge in [0.1, 0.15) is 10.8 Å². The maximum atomic E-state index is 13.2. The van der Waals surface area contributed by atoms with Crippen LogP contribution in [0, 0.1) is 26.0 Å². The van der Waals surface area contributed by atoms with Crippen LogP contribution in [0.3, 0.4) is 0 Å². The number of benzene rings is 2. The Bertz CT molecular complexity index is 826. The lowest BCUT2D eigenvalue weighted by Crippen LogP contribution is -2.10. The van der Waals surface area contributed by atoms with Gasteiger partial charge in [-0.15, -0.1) is 0 Å². The van der Waals surface area contributed by atoms with Gasteiger partial charge in [-0.3, -0.25) is 20.2 Å². The number of halogens is 2. The van der Waals surface area contributed by atoms with E-state index < -0.39 is 38.8 Å². The van der Waals surface area contributed by atoms with Gasteiger partial charge in [0.05, 0.1) is 15.4 Å². The van der Waals surface area contributed by atoms with Crippen LogP contribution < -0.4 is 4.74 Å². The topological polar surface area (TPSA) is 113 Å². The Hall–Kier alpha value is -3.07. The molecule has 0 bridgehead atoms. The summed E-state index contributed by atoms with van der Waals surface area (Å²) < 4.78 is 17.9. The Balaban J connectivity index is 2.37. The van der Waals surface area contributed by atoms with Crippen molar-refractivity contribution < 1.29 is 23.8 Å². The Morgan fingerprint density at radius 1 is 1.04 bits per heavy atom. The minimum atomic E-state index is -1.13. The minimum absolute atomic E-state index is 0.191. The van der Waals surface area contributed by atoms with Crippen molar-refractivity contribution in [3.63, 3.8) is 0 Å². The molecular weight excluding hydrogens is 335 g/mol. The van der Waals surface area contributed by atoms with Crippen LogP contribution in [0.1, 0.15) is 10.4 Å². The summed E-state index contributed by atoms with van der Waals surface area (Å²) in [7, 11) is 0. The van der Waals surface area contributed by atoms with E-state index in [9.17, 15) is 29.4 Å². The molecule has 0 aliphatic carbocycles. The van der Waals surface area contributed by atoms with Gasteiger partial charge in [-0.2, -0.15) is 0 Å².